The lowest BCUT2D eigenvalue weighted by atomic mass is 11.7. The largest absolute Gasteiger partial charge is 0.425 e. The molecule has 0 aromatic heterocycles. The molecule has 0 radical (unpaired) electrons. The molecule has 1 aliphatic heterocycles. The second kappa shape index (κ2) is 4.58. The highest BCUT2D eigenvalue weighted by Crippen LogP contribution is 2.38. The number of rotatable bonds is 2. The average molecular weight is 327 g/mol. The Morgan fingerprint density at radius 1 is 0.875 bits per heavy atom. The SMILES string of the molecule is C[Si]1(C)O[Si](C)(C)O[Si](C(F)F)(C(Cl)Cl)O1. The minimum atomic E-state index is -3.91. The number of halogens is 4. The van der Waals surface area contributed by atoms with Crippen LogP contribution in [0.3, 0.4) is 0 Å². The van der Waals surface area contributed by atoms with Crippen molar-refractivity contribution in [2.24, 2.45) is 0 Å². The molecule has 0 amide bonds. The molecule has 0 N–H and O–H groups in total. The quantitative estimate of drug-likeness (QED) is 0.576. The molecule has 0 unspecified atom stereocenters. The Balaban J connectivity index is 3.10. The maximum atomic E-state index is 13.1. The predicted molar refractivity (Wildman–Crippen MR) is 65.5 cm³/mol. The first-order chi connectivity index (χ1) is 7.01. The van der Waals surface area contributed by atoms with Crippen LogP contribution in [-0.2, 0) is 12.3 Å². The van der Waals surface area contributed by atoms with Crippen molar-refractivity contribution in [1.29, 1.82) is 0 Å². The Kier molecular flexibility index (Phi) is 4.30. The molecule has 1 rings (SSSR count). The van der Waals surface area contributed by atoms with Crippen molar-refractivity contribution in [2.45, 2.75) is 36.7 Å². The number of alkyl halides is 4. The zero-order chi connectivity index (χ0) is 12.8. The lowest BCUT2D eigenvalue weighted by molar-refractivity contribution is 0.131. The summed E-state index contributed by atoms with van der Waals surface area (Å²) in [4.78, 5) is 0. The van der Waals surface area contributed by atoms with Crippen molar-refractivity contribution in [3.63, 3.8) is 0 Å². The summed E-state index contributed by atoms with van der Waals surface area (Å²) in [6, 6.07) is -2.78. The van der Waals surface area contributed by atoms with E-state index in [1.54, 1.807) is 26.2 Å². The topological polar surface area (TPSA) is 27.7 Å². The smallest absolute Gasteiger partial charge is 0.416 e. The molecular formula is C6H14Cl2F2O3Si3. The molecule has 3 nitrogen and oxygen atoms in total. The second-order valence-electron chi connectivity index (χ2n) is 4.43. The summed E-state index contributed by atoms with van der Waals surface area (Å²) in [7, 11) is -9.19. The van der Waals surface area contributed by atoms with E-state index in [2.05, 4.69) is 0 Å². The van der Waals surface area contributed by atoms with E-state index in [9.17, 15) is 8.78 Å². The molecule has 10 heteroatoms. The van der Waals surface area contributed by atoms with E-state index in [-0.39, 0.29) is 0 Å². The van der Waals surface area contributed by atoms with Crippen LogP contribution < -0.4 is 0 Å². The molecule has 1 aliphatic rings. The average Bonchev–Trinajstić information content (AvgIpc) is 1.96. The molecule has 1 heterocycles. The van der Waals surface area contributed by atoms with Crippen molar-refractivity contribution >= 4 is 48.9 Å². The van der Waals surface area contributed by atoms with E-state index >= 15 is 0 Å². The van der Waals surface area contributed by atoms with Crippen LogP contribution in [-0.4, -0.2) is 36.2 Å². The van der Waals surface area contributed by atoms with Gasteiger partial charge < -0.3 is 12.3 Å². The van der Waals surface area contributed by atoms with E-state index < -0.39 is 36.2 Å². The zero-order valence-electron chi connectivity index (χ0n) is 9.39. The monoisotopic (exact) mass is 326 g/mol. The molecule has 0 bridgehead atoms. The fourth-order valence-corrected chi connectivity index (χ4v) is 18.0. The van der Waals surface area contributed by atoms with E-state index in [0.29, 0.717) is 0 Å². The fourth-order valence-electron chi connectivity index (χ4n) is 1.70. The minimum Gasteiger partial charge on any atom is -0.416 e. The van der Waals surface area contributed by atoms with E-state index in [4.69, 9.17) is 35.5 Å². The molecule has 1 saturated heterocycles. The molecule has 16 heavy (non-hydrogen) atoms. The van der Waals surface area contributed by atoms with Crippen molar-refractivity contribution in [2.75, 3.05) is 0 Å². The Morgan fingerprint density at radius 3 is 1.50 bits per heavy atom. The van der Waals surface area contributed by atoms with Gasteiger partial charge in [0.05, 0.1) is 0 Å². The Hall–Kier alpha value is 0.971. The second-order valence-corrected chi connectivity index (χ2v) is 16.8. The first-order valence-electron chi connectivity index (χ1n) is 4.67. The molecular weight excluding hydrogens is 313 g/mol. The van der Waals surface area contributed by atoms with Crippen LogP contribution in [0.4, 0.5) is 8.78 Å². The van der Waals surface area contributed by atoms with Gasteiger partial charge in [-0.3, -0.25) is 0 Å². The van der Waals surface area contributed by atoms with Gasteiger partial charge in [0.2, 0.25) is 0 Å². The summed E-state index contributed by atoms with van der Waals surface area (Å²) in [5.74, 6) is 0. The molecule has 96 valence electrons. The summed E-state index contributed by atoms with van der Waals surface area (Å²) >= 11 is 11.3. The van der Waals surface area contributed by atoms with Crippen molar-refractivity contribution in [1.82, 2.24) is 0 Å². The summed E-state index contributed by atoms with van der Waals surface area (Å²) < 4.78 is 41.3. The highest BCUT2D eigenvalue weighted by atomic mass is 35.5. The molecule has 0 aromatic carbocycles. The Labute approximate surface area is 107 Å². The van der Waals surface area contributed by atoms with E-state index in [1.807, 2.05) is 0 Å². The molecule has 0 aromatic rings. The highest BCUT2D eigenvalue weighted by molar-refractivity contribution is 6.99. The Bertz CT molecular complexity index is 252. The van der Waals surface area contributed by atoms with Gasteiger partial charge >= 0.3 is 25.7 Å². The summed E-state index contributed by atoms with van der Waals surface area (Å²) in [5, 5.41) is 0. The zero-order valence-corrected chi connectivity index (χ0v) is 13.9. The van der Waals surface area contributed by atoms with Gasteiger partial charge in [-0.05, 0) is 26.2 Å². The number of hydrogen-bond donors (Lipinski definition) is 0. The minimum absolute atomic E-state index is 1.32. The van der Waals surface area contributed by atoms with Gasteiger partial charge in [-0.2, -0.15) is 0 Å². The van der Waals surface area contributed by atoms with Crippen LogP contribution in [0.2, 0.25) is 26.2 Å². The summed E-state index contributed by atoms with van der Waals surface area (Å²) in [6.45, 7) is 6.80. The van der Waals surface area contributed by atoms with Gasteiger partial charge in [0.25, 0.3) is 6.05 Å². The third-order valence-corrected chi connectivity index (χ3v) is 15.4. The predicted octanol–water partition coefficient (Wildman–Crippen LogP) is 3.04. The summed E-state index contributed by atoms with van der Waals surface area (Å²) in [5.41, 5.74) is 0. The standard InChI is InChI=1S/C6H14Cl2F2O3Si3/c1-14(2)11-15(3,4)13-16(12-14,5(7)8)6(9)10/h5-6H,1-4H3. The fraction of sp³-hybridized carbons (Fsp3) is 1.00. The molecule has 0 saturated carbocycles. The van der Waals surface area contributed by atoms with Crippen LogP contribution in [0, 0.1) is 0 Å². The number of hydrogen-bond acceptors (Lipinski definition) is 3. The molecule has 0 atom stereocenters. The first-order valence-corrected chi connectivity index (χ1v) is 13.2. The van der Waals surface area contributed by atoms with Gasteiger partial charge in [0.15, 0.2) is 4.46 Å². The highest BCUT2D eigenvalue weighted by Gasteiger charge is 2.64. The van der Waals surface area contributed by atoms with Crippen LogP contribution in [0.25, 0.3) is 0 Å². The van der Waals surface area contributed by atoms with Crippen molar-refractivity contribution in [3.05, 3.63) is 0 Å². The van der Waals surface area contributed by atoms with Crippen LogP contribution in [0.15, 0.2) is 0 Å². The Morgan fingerprint density at radius 2 is 1.25 bits per heavy atom. The van der Waals surface area contributed by atoms with Gasteiger partial charge in [-0.1, -0.05) is 0 Å². The van der Waals surface area contributed by atoms with Gasteiger partial charge in [-0.15, -0.1) is 23.2 Å². The normalized spacial score (nSPS) is 27.4. The van der Waals surface area contributed by atoms with Crippen molar-refractivity contribution in [3.8, 4) is 0 Å². The molecule has 0 aliphatic carbocycles. The molecule has 0 spiro atoms. The third-order valence-electron chi connectivity index (χ3n) is 1.91. The molecule has 1 fully saturated rings. The van der Waals surface area contributed by atoms with Crippen LogP contribution in [0.1, 0.15) is 0 Å². The van der Waals surface area contributed by atoms with E-state index in [0.717, 1.165) is 0 Å². The first kappa shape index (κ1) is 15.0. The van der Waals surface area contributed by atoms with Crippen LogP contribution >= 0.6 is 23.2 Å². The lowest BCUT2D eigenvalue weighted by Gasteiger charge is -2.48. The van der Waals surface area contributed by atoms with Crippen molar-refractivity contribution < 1.29 is 21.1 Å². The maximum Gasteiger partial charge on any atom is 0.425 e. The third kappa shape index (κ3) is 3.05. The maximum absolute atomic E-state index is 13.1. The van der Waals surface area contributed by atoms with Crippen LogP contribution in [0.5, 0.6) is 0 Å². The summed E-state index contributed by atoms with van der Waals surface area (Å²) in [6.07, 6.45) is 0. The van der Waals surface area contributed by atoms with Gasteiger partial charge in [0, 0.05) is 0 Å². The van der Waals surface area contributed by atoms with Gasteiger partial charge in [0.1, 0.15) is 0 Å². The van der Waals surface area contributed by atoms with Gasteiger partial charge in [-0.25, -0.2) is 8.78 Å². The lowest BCUT2D eigenvalue weighted by Crippen LogP contribution is -2.72. The van der Waals surface area contributed by atoms with E-state index in [1.165, 1.54) is 0 Å².